The molecule has 0 spiro atoms. The van der Waals surface area contributed by atoms with Gasteiger partial charge in [0.05, 0.1) is 0 Å². The van der Waals surface area contributed by atoms with Crippen LogP contribution in [0.5, 0.6) is 0 Å². The predicted molar refractivity (Wildman–Crippen MR) is 59.5 cm³/mol. The van der Waals surface area contributed by atoms with Gasteiger partial charge in [0.2, 0.25) is 0 Å². The van der Waals surface area contributed by atoms with Gasteiger partial charge >= 0.3 is 29.6 Å². The van der Waals surface area contributed by atoms with Crippen molar-refractivity contribution in [3.05, 3.63) is 35.9 Å². The molecule has 0 bridgehead atoms. The molecule has 86 valence electrons. The summed E-state index contributed by atoms with van der Waals surface area (Å²) in [5.41, 5.74) is 1.29. The number of hydrogen-bond donors (Lipinski definition) is 0. The Hall–Kier alpha value is -0.350. The molecule has 4 heteroatoms. The van der Waals surface area contributed by atoms with Crippen LogP contribution in [-0.4, -0.2) is 24.0 Å². The summed E-state index contributed by atoms with van der Waals surface area (Å²) in [6.45, 7) is 2.63. The molecule has 0 radical (unpaired) electrons. The summed E-state index contributed by atoms with van der Waals surface area (Å²) < 4.78 is 0. The summed E-state index contributed by atoms with van der Waals surface area (Å²) in [6.07, 6.45) is 1.43. The quantitative estimate of drug-likeness (QED) is 0.557. The van der Waals surface area contributed by atoms with Gasteiger partial charge in [-0.1, -0.05) is 30.3 Å². The fraction of sp³-hybridized carbons (Fsp3) is 0.462. The van der Waals surface area contributed by atoms with Crippen molar-refractivity contribution in [3.8, 4) is 0 Å². The Bertz CT molecular complexity index is 348. The summed E-state index contributed by atoms with van der Waals surface area (Å²) in [5, 5.41) is 10.7. The molecular formula is C13H16NNaO2. The second-order valence-corrected chi connectivity index (χ2v) is 4.36. The number of carbonyl (C=O) groups is 1. The second kappa shape index (κ2) is 7.17. The summed E-state index contributed by atoms with van der Waals surface area (Å²) in [4.78, 5) is 13.0. The van der Waals surface area contributed by atoms with E-state index in [1.54, 1.807) is 0 Å². The number of rotatable bonds is 3. The first-order valence-electron chi connectivity index (χ1n) is 5.73. The van der Waals surface area contributed by atoms with Gasteiger partial charge in [-0.3, -0.25) is 4.90 Å². The first-order chi connectivity index (χ1) is 7.75. The maximum absolute atomic E-state index is 10.7. The minimum absolute atomic E-state index is 0. The molecule has 0 saturated carbocycles. The van der Waals surface area contributed by atoms with Gasteiger partial charge in [-0.15, -0.1) is 0 Å². The molecule has 1 aromatic carbocycles. The van der Waals surface area contributed by atoms with E-state index < -0.39 is 5.97 Å². The number of carbonyl (C=O) groups excluding carboxylic acids is 1. The van der Waals surface area contributed by atoms with Gasteiger partial charge < -0.3 is 9.90 Å². The topological polar surface area (TPSA) is 43.4 Å². The van der Waals surface area contributed by atoms with Crippen LogP contribution in [0.4, 0.5) is 0 Å². The summed E-state index contributed by atoms with van der Waals surface area (Å²) >= 11 is 0. The van der Waals surface area contributed by atoms with Crippen molar-refractivity contribution in [2.75, 3.05) is 13.1 Å². The van der Waals surface area contributed by atoms with Crippen molar-refractivity contribution in [1.82, 2.24) is 4.90 Å². The third-order valence-electron chi connectivity index (χ3n) is 3.17. The number of benzene rings is 1. The van der Waals surface area contributed by atoms with Gasteiger partial charge in [-0.05, 0) is 31.5 Å². The van der Waals surface area contributed by atoms with Gasteiger partial charge in [0.1, 0.15) is 0 Å². The molecule has 1 saturated heterocycles. The number of nitrogens with zero attached hydrogens (tertiary/aromatic N) is 1. The van der Waals surface area contributed by atoms with E-state index in [1.165, 1.54) is 5.56 Å². The molecule has 1 aliphatic heterocycles. The number of carboxylic acid groups (broad SMARTS) is 1. The van der Waals surface area contributed by atoms with Crippen LogP contribution in [0, 0.1) is 5.92 Å². The van der Waals surface area contributed by atoms with Crippen LogP contribution in [0.2, 0.25) is 0 Å². The fourth-order valence-corrected chi connectivity index (χ4v) is 2.17. The Balaban J connectivity index is 0.00000144. The molecule has 0 aromatic heterocycles. The van der Waals surface area contributed by atoms with Crippen LogP contribution in [0.25, 0.3) is 0 Å². The van der Waals surface area contributed by atoms with Crippen LogP contribution in [0.3, 0.4) is 0 Å². The minimum atomic E-state index is -0.889. The smallest absolute Gasteiger partial charge is 0.550 e. The normalized spacial score (nSPS) is 17.4. The van der Waals surface area contributed by atoms with E-state index in [1.807, 2.05) is 18.2 Å². The van der Waals surface area contributed by atoms with E-state index in [2.05, 4.69) is 17.0 Å². The van der Waals surface area contributed by atoms with E-state index in [4.69, 9.17) is 0 Å². The van der Waals surface area contributed by atoms with E-state index in [-0.39, 0.29) is 35.5 Å². The van der Waals surface area contributed by atoms with Crippen molar-refractivity contribution in [2.24, 2.45) is 5.92 Å². The zero-order chi connectivity index (χ0) is 11.4. The molecule has 1 aromatic rings. The summed E-state index contributed by atoms with van der Waals surface area (Å²) in [7, 11) is 0. The van der Waals surface area contributed by atoms with E-state index in [0.29, 0.717) is 0 Å². The van der Waals surface area contributed by atoms with Gasteiger partial charge in [0.15, 0.2) is 0 Å². The zero-order valence-electron chi connectivity index (χ0n) is 10.3. The SMILES string of the molecule is O=C([O-])C1CCN(Cc2ccccc2)CC1.[Na+]. The zero-order valence-corrected chi connectivity index (χ0v) is 12.3. The monoisotopic (exact) mass is 241 g/mol. The molecule has 0 atom stereocenters. The average Bonchev–Trinajstić information content (AvgIpc) is 2.31. The van der Waals surface area contributed by atoms with Crippen molar-refractivity contribution in [3.63, 3.8) is 0 Å². The van der Waals surface area contributed by atoms with Gasteiger partial charge in [0.25, 0.3) is 0 Å². The van der Waals surface area contributed by atoms with E-state index >= 15 is 0 Å². The van der Waals surface area contributed by atoms with Crippen LogP contribution in [-0.2, 0) is 11.3 Å². The Labute approximate surface area is 124 Å². The molecule has 0 N–H and O–H groups in total. The number of carboxylic acids is 1. The first kappa shape index (κ1) is 14.7. The van der Waals surface area contributed by atoms with Crippen molar-refractivity contribution in [1.29, 1.82) is 0 Å². The maximum Gasteiger partial charge on any atom is 1.00 e. The molecular weight excluding hydrogens is 225 g/mol. The van der Waals surface area contributed by atoms with Gasteiger partial charge in [-0.25, -0.2) is 0 Å². The Morgan fingerprint density at radius 1 is 1.24 bits per heavy atom. The second-order valence-electron chi connectivity index (χ2n) is 4.36. The molecule has 17 heavy (non-hydrogen) atoms. The summed E-state index contributed by atoms with van der Waals surface area (Å²) in [5.74, 6) is -1.13. The number of likely N-dealkylation sites (tertiary alicyclic amines) is 1. The Kier molecular flexibility index (Phi) is 6.20. The van der Waals surface area contributed by atoms with Gasteiger partial charge in [0, 0.05) is 18.4 Å². The van der Waals surface area contributed by atoms with Crippen LogP contribution in [0.15, 0.2) is 30.3 Å². The maximum atomic E-state index is 10.7. The largest absolute Gasteiger partial charge is 1.00 e. The number of hydrogen-bond acceptors (Lipinski definition) is 3. The average molecular weight is 241 g/mol. The minimum Gasteiger partial charge on any atom is -0.550 e. The predicted octanol–water partition coefficient (Wildman–Crippen LogP) is -2.35. The van der Waals surface area contributed by atoms with E-state index in [0.717, 1.165) is 32.5 Å². The third kappa shape index (κ3) is 4.43. The molecule has 2 rings (SSSR count). The first-order valence-corrected chi connectivity index (χ1v) is 5.73. The fourth-order valence-electron chi connectivity index (χ4n) is 2.17. The Morgan fingerprint density at radius 2 is 1.82 bits per heavy atom. The molecule has 0 amide bonds. The van der Waals surface area contributed by atoms with Crippen LogP contribution in [0.1, 0.15) is 18.4 Å². The van der Waals surface area contributed by atoms with Crippen molar-refractivity contribution < 1.29 is 39.5 Å². The molecule has 1 fully saturated rings. The van der Waals surface area contributed by atoms with Gasteiger partial charge in [-0.2, -0.15) is 0 Å². The Morgan fingerprint density at radius 3 is 2.35 bits per heavy atom. The third-order valence-corrected chi connectivity index (χ3v) is 3.17. The van der Waals surface area contributed by atoms with Crippen molar-refractivity contribution in [2.45, 2.75) is 19.4 Å². The molecule has 0 unspecified atom stereocenters. The molecule has 1 aliphatic rings. The molecule has 0 aliphatic carbocycles. The van der Waals surface area contributed by atoms with E-state index in [9.17, 15) is 9.90 Å². The van der Waals surface area contributed by atoms with Crippen LogP contribution >= 0.6 is 0 Å². The summed E-state index contributed by atoms with van der Waals surface area (Å²) in [6, 6.07) is 10.3. The molecule has 3 nitrogen and oxygen atoms in total. The molecule has 1 heterocycles. The van der Waals surface area contributed by atoms with Crippen molar-refractivity contribution >= 4 is 5.97 Å². The van der Waals surface area contributed by atoms with Crippen LogP contribution < -0.4 is 34.7 Å². The number of aliphatic carboxylic acids is 1. The number of piperidine rings is 1. The standard InChI is InChI=1S/C13H17NO2.Na/c15-13(16)12-6-8-14(9-7-12)10-11-4-2-1-3-5-11;/h1-5,12H,6-10H2,(H,15,16);/q;+1/p-1.